The quantitative estimate of drug-likeness (QED) is 0.120. The van der Waals surface area contributed by atoms with Crippen molar-refractivity contribution < 1.29 is 0 Å². The molecule has 4 nitrogen and oxygen atoms in total. The average Bonchev–Trinajstić information content (AvgIpc) is 0.803. The van der Waals surface area contributed by atoms with Crippen LogP contribution in [0, 0.1) is 0 Å². The number of rotatable bonds is 11. The SMILES string of the molecule is CC(C)(C)c1ccc(-c2cc3c4c(c2)N(c2ccc(-c5ccc6c(c5)C(C)(C)CCC6(C)C)cc2)c2cc(-n5c6ccc(-c7ccccc7)cc6c6cc(-c7ccccc7)ccc65)ccc2B4c2ccc(-n4c5ccc(-c6ccccc6)cc5c5cc(-c6ccccc6)ccc54)cc2N3c2ccc(-c3ccccc3)cc2)cc1. The van der Waals surface area contributed by atoms with E-state index in [1.807, 2.05) is 0 Å². The molecule has 18 aromatic rings. The summed E-state index contributed by atoms with van der Waals surface area (Å²) < 4.78 is 5.05. The first-order valence-corrected chi connectivity index (χ1v) is 40.1. The predicted molar refractivity (Wildman–Crippen MR) is 481 cm³/mol. The van der Waals surface area contributed by atoms with Crippen LogP contribution < -0.4 is 26.2 Å². The van der Waals surface area contributed by atoms with Gasteiger partial charge in [-0.25, -0.2) is 0 Å². The molecule has 0 saturated heterocycles. The minimum absolute atomic E-state index is 0.0382. The second-order valence-corrected chi connectivity index (χ2v) is 33.9. The van der Waals surface area contributed by atoms with E-state index in [4.69, 9.17) is 0 Å². The van der Waals surface area contributed by atoms with Gasteiger partial charge in [0.15, 0.2) is 0 Å². The van der Waals surface area contributed by atoms with Gasteiger partial charge in [0.05, 0.1) is 22.1 Å². The molecule has 0 unspecified atom stereocenters. The summed E-state index contributed by atoms with van der Waals surface area (Å²) in [5, 5.41) is 4.83. The Hall–Kier alpha value is -13.2. The average molecular weight is 1450 g/mol. The Labute approximate surface area is 662 Å². The fourth-order valence-corrected chi connectivity index (χ4v) is 19.0. The van der Waals surface area contributed by atoms with Crippen LogP contribution >= 0.6 is 0 Å². The number of aromatic nitrogens is 2. The zero-order valence-electron chi connectivity index (χ0n) is 64.9. The topological polar surface area (TPSA) is 16.3 Å². The van der Waals surface area contributed by atoms with Crippen LogP contribution in [-0.2, 0) is 16.2 Å². The van der Waals surface area contributed by atoms with Gasteiger partial charge < -0.3 is 18.9 Å². The van der Waals surface area contributed by atoms with E-state index in [-0.39, 0.29) is 23.0 Å². The van der Waals surface area contributed by atoms with E-state index in [9.17, 15) is 0 Å². The van der Waals surface area contributed by atoms with Gasteiger partial charge in [-0.3, -0.25) is 0 Å². The number of hydrogen-bond donors (Lipinski definition) is 0. The molecule has 0 radical (unpaired) electrons. The zero-order valence-corrected chi connectivity index (χ0v) is 64.9. The van der Waals surface area contributed by atoms with Crippen molar-refractivity contribution in [3.8, 4) is 89.3 Å². The van der Waals surface area contributed by atoms with E-state index in [1.54, 1.807) is 0 Å². The molecular formula is C108H85BN4. The molecule has 0 spiro atoms. The highest BCUT2D eigenvalue weighted by atomic mass is 15.2. The molecule has 16 aromatic carbocycles. The first-order chi connectivity index (χ1) is 55.1. The van der Waals surface area contributed by atoms with Crippen molar-refractivity contribution in [3.63, 3.8) is 0 Å². The third-order valence-electron chi connectivity index (χ3n) is 25.1. The molecule has 0 amide bonds. The van der Waals surface area contributed by atoms with Gasteiger partial charge in [-0.1, -0.05) is 303 Å². The van der Waals surface area contributed by atoms with Crippen molar-refractivity contribution in [2.45, 2.75) is 77.6 Å². The fourth-order valence-electron chi connectivity index (χ4n) is 19.0. The van der Waals surface area contributed by atoms with Gasteiger partial charge in [0.1, 0.15) is 0 Å². The highest BCUT2D eigenvalue weighted by Gasteiger charge is 2.45. The molecular weight excluding hydrogens is 1360 g/mol. The Morgan fingerprint density at radius 1 is 0.248 bits per heavy atom. The third-order valence-corrected chi connectivity index (χ3v) is 25.1. The molecule has 0 fully saturated rings. The van der Waals surface area contributed by atoms with E-state index in [1.165, 1.54) is 128 Å². The van der Waals surface area contributed by atoms with Gasteiger partial charge in [-0.05, 0) is 249 Å². The van der Waals surface area contributed by atoms with Crippen molar-refractivity contribution in [3.05, 3.63) is 381 Å². The highest BCUT2D eigenvalue weighted by molar-refractivity contribution is 7.00. The van der Waals surface area contributed by atoms with Gasteiger partial charge >= 0.3 is 0 Å². The standard InChI is InChI=1S/C108H85BN4/c1-106(2,3)84-44-33-77(34-45-84)83-66-103-105-104(67-83)111(86-48-37-76(38-49-86)82-39-52-93-94(65-82)108(6,7)60-59-107(93,4)5)102-69-88(113-99-57-42-80(73-29-19-11-20-30-73)63-91(99)92-64-81(43-58-100(92)113)74-31-21-12-22-32-74)51-54-96(102)109(105)95-53-50-87(68-101(95)110(103)85-46-35-75(36-47-85)70-23-13-8-14-24-70)112-97-55-40-78(71-25-15-9-16-26-71)61-89(97)90-62-79(41-56-98(90)112)72-27-17-10-18-28-72/h8-58,61-69H,59-60H2,1-7H3. The van der Waals surface area contributed by atoms with E-state index < -0.39 is 0 Å². The lowest BCUT2D eigenvalue weighted by atomic mass is 9.33. The zero-order chi connectivity index (χ0) is 76.0. The molecule has 0 bridgehead atoms. The molecule has 0 N–H and O–H groups in total. The Bertz CT molecular complexity index is 6590. The number of benzene rings is 16. The van der Waals surface area contributed by atoms with E-state index in [0.29, 0.717) is 0 Å². The lowest BCUT2D eigenvalue weighted by Gasteiger charge is -2.44. The van der Waals surface area contributed by atoms with Crippen LogP contribution in [0.15, 0.2) is 364 Å². The minimum atomic E-state index is -0.205. The van der Waals surface area contributed by atoms with Gasteiger partial charge in [0.2, 0.25) is 0 Å². The smallest absolute Gasteiger partial charge is 0.252 e. The van der Waals surface area contributed by atoms with Crippen molar-refractivity contribution >= 4 is 101 Å². The fraction of sp³-hybridized carbons (Fsp3) is 0.111. The highest BCUT2D eigenvalue weighted by Crippen LogP contribution is 2.51. The van der Waals surface area contributed by atoms with Crippen LogP contribution in [0.5, 0.6) is 0 Å². The lowest BCUT2D eigenvalue weighted by molar-refractivity contribution is 0.332. The Morgan fingerprint density at radius 3 is 0.912 bits per heavy atom. The predicted octanol–water partition coefficient (Wildman–Crippen LogP) is 27.3. The summed E-state index contributed by atoms with van der Waals surface area (Å²) in [6.45, 7) is 16.5. The summed E-state index contributed by atoms with van der Waals surface area (Å²) >= 11 is 0. The van der Waals surface area contributed by atoms with Crippen LogP contribution in [0.25, 0.3) is 133 Å². The molecule has 3 aliphatic rings. The third kappa shape index (κ3) is 11.4. The van der Waals surface area contributed by atoms with Crippen LogP contribution in [0.2, 0.25) is 0 Å². The second-order valence-electron chi connectivity index (χ2n) is 33.9. The second kappa shape index (κ2) is 26.2. The van der Waals surface area contributed by atoms with Gasteiger partial charge in [0, 0.05) is 67.0 Å². The van der Waals surface area contributed by atoms with Crippen LogP contribution in [0.4, 0.5) is 34.1 Å². The Balaban J connectivity index is 0.833. The van der Waals surface area contributed by atoms with Crippen molar-refractivity contribution in [2.75, 3.05) is 9.80 Å². The summed E-state index contributed by atoms with van der Waals surface area (Å²) in [5.74, 6) is 0. The summed E-state index contributed by atoms with van der Waals surface area (Å²) in [5.41, 5.74) is 38.2. The summed E-state index contributed by atoms with van der Waals surface area (Å²) in [4.78, 5) is 5.23. The number of fused-ring (bicyclic) bond motifs is 11. The van der Waals surface area contributed by atoms with Crippen LogP contribution in [0.1, 0.15) is 78.0 Å². The van der Waals surface area contributed by atoms with Crippen molar-refractivity contribution in [1.29, 1.82) is 0 Å². The maximum Gasteiger partial charge on any atom is 0.252 e. The van der Waals surface area contributed by atoms with E-state index in [2.05, 4.69) is 431 Å². The van der Waals surface area contributed by atoms with E-state index >= 15 is 0 Å². The van der Waals surface area contributed by atoms with Gasteiger partial charge in [0.25, 0.3) is 6.71 Å². The number of nitrogens with zero attached hydrogens (tertiary/aromatic N) is 4. The van der Waals surface area contributed by atoms with Crippen molar-refractivity contribution in [2.24, 2.45) is 0 Å². The van der Waals surface area contributed by atoms with Crippen molar-refractivity contribution in [1.82, 2.24) is 9.13 Å². The molecule has 1 aliphatic carbocycles. The Kier molecular flexibility index (Phi) is 15.7. The summed E-state index contributed by atoms with van der Waals surface area (Å²) in [6.07, 6.45) is 2.33. The maximum atomic E-state index is 2.62. The summed E-state index contributed by atoms with van der Waals surface area (Å²) in [7, 11) is 0. The molecule has 0 atom stereocenters. The molecule has 540 valence electrons. The number of hydrogen-bond acceptors (Lipinski definition) is 2. The van der Waals surface area contributed by atoms with Crippen LogP contribution in [0.3, 0.4) is 0 Å². The first-order valence-electron chi connectivity index (χ1n) is 40.1. The number of anilines is 6. The molecule has 0 saturated carbocycles. The maximum absolute atomic E-state index is 2.62. The molecule has 113 heavy (non-hydrogen) atoms. The van der Waals surface area contributed by atoms with E-state index in [0.717, 1.165) is 85.1 Å². The largest absolute Gasteiger partial charge is 0.311 e. The summed E-state index contributed by atoms with van der Waals surface area (Å²) in [6, 6.07) is 138. The van der Waals surface area contributed by atoms with Gasteiger partial charge in [-0.15, -0.1) is 0 Å². The lowest BCUT2D eigenvalue weighted by Crippen LogP contribution is -2.61. The minimum Gasteiger partial charge on any atom is -0.311 e. The molecule has 2 aromatic heterocycles. The Morgan fingerprint density at radius 2 is 0.540 bits per heavy atom. The monoisotopic (exact) mass is 1450 g/mol. The molecule has 5 heteroatoms. The molecule has 4 heterocycles. The van der Waals surface area contributed by atoms with Crippen LogP contribution in [-0.4, -0.2) is 15.8 Å². The normalized spacial score (nSPS) is 14.0. The molecule has 21 rings (SSSR count). The first kappa shape index (κ1) is 67.9. The molecule has 2 aliphatic heterocycles. The van der Waals surface area contributed by atoms with Gasteiger partial charge in [-0.2, -0.15) is 0 Å².